The van der Waals surface area contributed by atoms with Crippen LogP contribution in [0.25, 0.3) is 0 Å². The second kappa shape index (κ2) is 6.84. The summed E-state index contributed by atoms with van der Waals surface area (Å²) in [4.78, 5) is 11.4. The molecule has 0 saturated heterocycles. The standard InChI is InChI=1S/C15H20O3/c1-4-12-15(6-3,18-14(16)5-2)17-13-10-8-7-9-11-13/h5,7-11H,2,4,6,12H2,1,3H3. The van der Waals surface area contributed by atoms with E-state index in [0.29, 0.717) is 18.6 Å². The van der Waals surface area contributed by atoms with Crippen LogP contribution in [0.15, 0.2) is 43.0 Å². The number of benzene rings is 1. The molecule has 0 aromatic heterocycles. The van der Waals surface area contributed by atoms with Gasteiger partial charge in [-0.2, -0.15) is 0 Å². The average molecular weight is 248 g/mol. The summed E-state index contributed by atoms with van der Waals surface area (Å²) in [5, 5.41) is 0. The highest BCUT2D eigenvalue weighted by Crippen LogP contribution is 2.27. The zero-order valence-electron chi connectivity index (χ0n) is 11.0. The Balaban J connectivity index is 2.88. The zero-order chi connectivity index (χ0) is 13.4. The Hall–Kier alpha value is -1.77. The summed E-state index contributed by atoms with van der Waals surface area (Å²) in [6.07, 6.45) is 3.27. The third-order valence-corrected chi connectivity index (χ3v) is 2.67. The second-order valence-corrected chi connectivity index (χ2v) is 4.05. The van der Waals surface area contributed by atoms with Crippen molar-refractivity contribution in [1.29, 1.82) is 0 Å². The first-order valence-corrected chi connectivity index (χ1v) is 6.25. The molecule has 18 heavy (non-hydrogen) atoms. The van der Waals surface area contributed by atoms with Crippen LogP contribution in [0.3, 0.4) is 0 Å². The van der Waals surface area contributed by atoms with Crippen LogP contribution in [0.1, 0.15) is 33.1 Å². The van der Waals surface area contributed by atoms with Gasteiger partial charge >= 0.3 is 5.97 Å². The van der Waals surface area contributed by atoms with Gasteiger partial charge in [-0.05, 0) is 18.6 Å². The van der Waals surface area contributed by atoms with Crippen LogP contribution in [0, 0.1) is 0 Å². The summed E-state index contributed by atoms with van der Waals surface area (Å²) in [5.74, 6) is -0.660. The van der Waals surface area contributed by atoms with Gasteiger partial charge in [-0.15, -0.1) is 0 Å². The van der Waals surface area contributed by atoms with Crippen molar-refractivity contribution in [3.63, 3.8) is 0 Å². The highest BCUT2D eigenvalue weighted by molar-refractivity contribution is 5.81. The van der Waals surface area contributed by atoms with Crippen LogP contribution in [0.4, 0.5) is 0 Å². The number of esters is 1. The van der Waals surface area contributed by atoms with Crippen LogP contribution in [-0.4, -0.2) is 11.8 Å². The smallest absolute Gasteiger partial charge is 0.333 e. The van der Waals surface area contributed by atoms with Gasteiger partial charge in [-0.25, -0.2) is 4.79 Å². The molecule has 0 saturated carbocycles. The van der Waals surface area contributed by atoms with E-state index in [4.69, 9.17) is 9.47 Å². The van der Waals surface area contributed by atoms with E-state index in [1.54, 1.807) is 0 Å². The maximum atomic E-state index is 11.4. The Morgan fingerprint density at radius 3 is 2.50 bits per heavy atom. The molecule has 0 heterocycles. The summed E-state index contributed by atoms with van der Waals surface area (Å²) < 4.78 is 11.3. The van der Waals surface area contributed by atoms with E-state index in [-0.39, 0.29) is 0 Å². The summed E-state index contributed by atoms with van der Waals surface area (Å²) in [6.45, 7) is 7.38. The van der Waals surface area contributed by atoms with E-state index in [1.807, 2.05) is 44.2 Å². The van der Waals surface area contributed by atoms with Gasteiger partial charge in [0.25, 0.3) is 5.79 Å². The highest BCUT2D eigenvalue weighted by atomic mass is 16.7. The summed E-state index contributed by atoms with van der Waals surface area (Å²) in [6, 6.07) is 9.38. The molecular weight excluding hydrogens is 228 g/mol. The van der Waals surface area contributed by atoms with Gasteiger partial charge in [0.1, 0.15) is 5.75 Å². The molecule has 3 heteroatoms. The lowest BCUT2D eigenvalue weighted by atomic mass is 10.1. The van der Waals surface area contributed by atoms with Gasteiger partial charge in [0.2, 0.25) is 0 Å². The fraction of sp³-hybridized carbons (Fsp3) is 0.400. The molecular formula is C15H20O3. The van der Waals surface area contributed by atoms with Crippen LogP contribution in [0.2, 0.25) is 0 Å². The molecule has 1 atom stereocenters. The number of ether oxygens (including phenoxy) is 2. The van der Waals surface area contributed by atoms with Crippen molar-refractivity contribution in [2.75, 3.05) is 0 Å². The first kappa shape index (κ1) is 14.3. The number of carbonyl (C=O) groups is 1. The molecule has 1 rings (SSSR count). The SMILES string of the molecule is C=CC(=O)OC(CC)(CCC)Oc1ccccc1. The second-order valence-electron chi connectivity index (χ2n) is 4.05. The molecule has 0 fully saturated rings. The lowest BCUT2D eigenvalue weighted by molar-refractivity contribution is -0.196. The fourth-order valence-corrected chi connectivity index (χ4v) is 1.75. The van der Waals surface area contributed by atoms with E-state index in [9.17, 15) is 4.79 Å². The predicted octanol–water partition coefficient (Wildman–Crippen LogP) is 3.70. The lowest BCUT2D eigenvalue weighted by Crippen LogP contribution is -2.40. The number of hydrogen-bond donors (Lipinski definition) is 0. The molecule has 0 amide bonds. The lowest BCUT2D eigenvalue weighted by Gasteiger charge is -2.32. The van der Waals surface area contributed by atoms with Crippen LogP contribution in [0.5, 0.6) is 5.75 Å². The summed E-state index contributed by atoms with van der Waals surface area (Å²) in [5.41, 5.74) is 0. The molecule has 0 aliphatic heterocycles. The normalized spacial score (nSPS) is 13.4. The molecule has 0 bridgehead atoms. The van der Waals surface area contributed by atoms with Crippen LogP contribution >= 0.6 is 0 Å². The average Bonchev–Trinajstić information content (AvgIpc) is 2.40. The molecule has 1 aromatic rings. The molecule has 0 aliphatic rings. The molecule has 0 radical (unpaired) electrons. The topological polar surface area (TPSA) is 35.5 Å². The minimum Gasteiger partial charge on any atom is -0.452 e. The molecule has 0 spiro atoms. The zero-order valence-corrected chi connectivity index (χ0v) is 11.0. The van der Waals surface area contributed by atoms with Crippen molar-refractivity contribution < 1.29 is 14.3 Å². The quantitative estimate of drug-likeness (QED) is 0.419. The third kappa shape index (κ3) is 3.91. The van der Waals surface area contributed by atoms with E-state index >= 15 is 0 Å². The first-order valence-electron chi connectivity index (χ1n) is 6.25. The van der Waals surface area contributed by atoms with E-state index in [0.717, 1.165) is 12.5 Å². The van der Waals surface area contributed by atoms with Gasteiger partial charge in [-0.1, -0.05) is 38.6 Å². The Kier molecular flexibility index (Phi) is 5.43. The number of para-hydroxylation sites is 1. The minimum atomic E-state index is -0.901. The van der Waals surface area contributed by atoms with Gasteiger partial charge in [-0.3, -0.25) is 0 Å². The van der Waals surface area contributed by atoms with Crippen molar-refractivity contribution in [2.45, 2.75) is 38.9 Å². The van der Waals surface area contributed by atoms with Gasteiger partial charge in [0.05, 0.1) is 0 Å². The molecule has 3 nitrogen and oxygen atoms in total. The van der Waals surface area contributed by atoms with Gasteiger partial charge in [0, 0.05) is 18.9 Å². The number of carbonyl (C=O) groups excluding carboxylic acids is 1. The van der Waals surface area contributed by atoms with Crippen LogP contribution in [-0.2, 0) is 9.53 Å². The monoisotopic (exact) mass is 248 g/mol. The van der Waals surface area contributed by atoms with Crippen molar-refractivity contribution >= 4 is 5.97 Å². The van der Waals surface area contributed by atoms with E-state index < -0.39 is 11.8 Å². The van der Waals surface area contributed by atoms with Crippen molar-refractivity contribution in [1.82, 2.24) is 0 Å². The molecule has 1 aromatic carbocycles. The molecule has 0 N–H and O–H groups in total. The highest BCUT2D eigenvalue weighted by Gasteiger charge is 2.33. The van der Waals surface area contributed by atoms with Crippen molar-refractivity contribution in [3.05, 3.63) is 43.0 Å². The Morgan fingerprint density at radius 1 is 1.33 bits per heavy atom. The van der Waals surface area contributed by atoms with E-state index in [2.05, 4.69) is 6.58 Å². The number of hydrogen-bond acceptors (Lipinski definition) is 3. The van der Waals surface area contributed by atoms with Crippen molar-refractivity contribution in [2.24, 2.45) is 0 Å². The number of rotatable bonds is 7. The van der Waals surface area contributed by atoms with Crippen molar-refractivity contribution in [3.8, 4) is 5.75 Å². The summed E-state index contributed by atoms with van der Waals surface area (Å²) in [7, 11) is 0. The maximum Gasteiger partial charge on any atom is 0.333 e. The Morgan fingerprint density at radius 2 is 2.00 bits per heavy atom. The maximum absolute atomic E-state index is 11.4. The first-order chi connectivity index (χ1) is 8.65. The minimum absolute atomic E-state index is 0.457. The molecule has 98 valence electrons. The van der Waals surface area contributed by atoms with Gasteiger partial charge < -0.3 is 9.47 Å². The summed E-state index contributed by atoms with van der Waals surface area (Å²) >= 11 is 0. The van der Waals surface area contributed by atoms with Gasteiger partial charge in [0.15, 0.2) is 0 Å². The third-order valence-electron chi connectivity index (χ3n) is 2.67. The predicted molar refractivity (Wildman–Crippen MR) is 71.3 cm³/mol. The van der Waals surface area contributed by atoms with E-state index in [1.165, 1.54) is 0 Å². The molecule has 1 unspecified atom stereocenters. The largest absolute Gasteiger partial charge is 0.452 e. The Bertz CT molecular complexity index is 386. The Labute approximate surface area is 108 Å². The molecule has 0 aliphatic carbocycles. The van der Waals surface area contributed by atoms with Crippen LogP contribution < -0.4 is 4.74 Å². The fourth-order valence-electron chi connectivity index (χ4n) is 1.75.